The Labute approximate surface area is 172 Å². The number of ether oxygens (including phenoxy) is 1. The van der Waals surface area contributed by atoms with Crippen molar-refractivity contribution in [3.63, 3.8) is 0 Å². The van der Waals surface area contributed by atoms with Gasteiger partial charge in [-0.1, -0.05) is 48.5 Å². The van der Waals surface area contributed by atoms with E-state index in [1.807, 2.05) is 30.5 Å². The van der Waals surface area contributed by atoms with Gasteiger partial charge in [-0.25, -0.2) is 0 Å². The monoisotopic (exact) mass is 384 g/mol. The molecule has 1 aliphatic heterocycles. The molecule has 0 saturated carbocycles. The maximum Gasteiger partial charge on any atom is 0.139 e. The van der Waals surface area contributed by atoms with Crippen LogP contribution in [0.2, 0.25) is 0 Å². The summed E-state index contributed by atoms with van der Waals surface area (Å²) in [7, 11) is 0. The molecule has 3 heteroatoms. The van der Waals surface area contributed by atoms with Crippen LogP contribution in [0.3, 0.4) is 0 Å². The van der Waals surface area contributed by atoms with Crippen LogP contribution in [-0.2, 0) is 0 Å². The van der Waals surface area contributed by atoms with Gasteiger partial charge < -0.3 is 9.30 Å². The number of pyridine rings is 1. The highest BCUT2D eigenvalue weighted by atomic mass is 16.5. The van der Waals surface area contributed by atoms with Crippen LogP contribution in [0, 0.1) is 0 Å². The zero-order valence-corrected chi connectivity index (χ0v) is 16.0. The van der Waals surface area contributed by atoms with Crippen molar-refractivity contribution in [3.05, 3.63) is 97.2 Å². The Balaban J connectivity index is 1.63. The smallest absolute Gasteiger partial charge is 0.139 e. The molecule has 0 N–H and O–H groups in total. The van der Waals surface area contributed by atoms with E-state index in [1.54, 1.807) is 0 Å². The van der Waals surface area contributed by atoms with Crippen molar-refractivity contribution in [1.82, 2.24) is 9.55 Å². The zero-order chi connectivity index (χ0) is 19.7. The average Bonchev–Trinajstić information content (AvgIpc) is 3.12. The maximum atomic E-state index is 6.39. The van der Waals surface area contributed by atoms with Crippen molar-refractivity contribution in [3.8, 4) is 28.4 Å². The predicted molar refractivity (Wildman–Crippen MR) is 122 cm³/mol. The highest BCUT2D eigenvalue weighted by molar-refractivity contribution is 6.13. The molecule has 140 valence electrons. The number of hydrogen-bond donors (Lipinski definition) is 0. The molecular weight excluding hydrogens is 368 g/mol. The SMILES string of the molecule is c1ccc(-n2c3ccccc3c3cc4c(cc32)Oc2cccc3ccnc-4c23)cc1. The fraction of sp³-hybridized carbons (Fsp3) is 0. The Morgan fingerprint density at radius 2 is 1.53 bits per heavy atom. The second-order valence-electron chi connectivity index (χ2n) is 7.67. The molecule has 2 aromatic heterocycles. The van der Waals surface area contributed by atoms with Gasteiger partial charge in [0.25, 0.3) is 0 Å². The summed E-state index contributed by atoms with van der Waals surface area (Å²) in [6, 6.07) is 31.6. The van der Waals surface area contributed by atoms with Crippen LogP contribution in [0.5, 0.6) is 11.5 Å². The molecule has 0 radical (unpaired) electrons. The number of para-hydroxylation sites is 2. The lowest BCUT2D eigenvalue weighted by atomic mass is 9.98. The molecule has 3 nitrogen and oxygen atoms in total. The summed E-state index contributed by atoms with van der Waals surface area (Å²) in [5.74, 6) is 1.71. The first-order chi connectivity index (χ1) is 14.9. The Kier molecular flexibility index (Phi) is 3.00. The van der Waals surface area contributed by atoms with Crippen molar-refractivity contribution >= 4 is 32.6 Å². The molecule has 0 bridgehead atoms. The summed E-state index contributed by atoms with van der Waals surface area (Å²) < 4.78 is 8.70. The first-order valence-electron chi connectivity index (χ1n) is 10.1. The maximum absolute atomic E-state index is 6.39. The number of hydrogen-bond acceptors (Lipinski definition) is 2. The van der Waals surface area contributed by atoms with Crippen LogP contribution >= 0.6 is 0 Å². The standard InChI is InChI=1S/C27H16N2O/c1-2-8-18(9-3-1)29-22-11-5-4-10-19(22)20-15-21-25(16-23(20)29)30-24-12-6-7-17-13-14-28-27(21)26(17)24/h1-16H. The van der Waals surface area contributed by atoms with Gasteiger partial charge in [-0.05, 0) is 41.8 Å². The lowest BCUT2D eigenvalue weighted by molar-refractivity contribution is 0.487. The fourth-order valence-electron chi connectivity index (χ4n) is 4.73. The van der Waals surface area contributed by atoms with Crippen LogP contribution in [0.15, 0.2) is 97.2 Å². The number of benzene rings is 4. The van der Waals surface area contributed by atoms with E-state index in [0.717, 1.165) is 44.7 Å². The van der Waals surface area contributed by atoms with E-state index in [1.165, 1.54) is 16.3 Å². The van der Waals surface area contributed by atoms with Crippen molar-refractivity contribution in [2.45, 2.75) is 0 Å². The minimum absolute atomic E-state index is 0.848. The molecule has 0 amide bonds. The second-order valence-corrected chi connectivity index (χ2v) is 7.67. The highest BCUT2D eigenvalue weighted by Gasteiger charge is 2.23. The van der Waals surface area contributed by atoms with E-state index in [0.29, 0.717) is 0 Å². The van der Waals surface area contributed by atoms with E-state index in [-0.39, 0.29) is 0 Å². The van der Waals surface area contributed by atoms with Crippen LogP contribution in [-0.4, -0.2) is 9.55 Å². The Hall–Kier alpha value is -4.11. The fourth-order valence-corrected chi connectivity index (χ4v) is 4.73. The van der Waals surface area contributed by atoms with Crippen LogP contribution < -0.4 is 4.74 Å². The van der Waals surface area contributed by atoms with E-state index in [2.05, 4.69) is 71.3 Å². The third kappa shape index (κ3) is 2.01. The number of aromatic nitrogens is 2. The summed E-state index contributed by atoms with van der Waals surface area (Å²) in [4.78, 5) is 4.74. The summed E-state index contributed by atoms with van der Waals surface area (Å²) in [6.45, 7) is 0. The van der Waals surface area contributed by atoms with Crippen LogP contribution in [0.1, 0.15) is 0 Å². The van der Waals surface area contributed by atoms with Crippen LogP contribution in [0.25, 0.3) is 49.5 Å². The molecule has 3 heterocycles. The molecule has 7 rings (SSSR count). The molecule has 0 fully saturated rings. The molecule has 30 heavy (non-hydrogen) atoms. The van der Waals surface area contributed by atoms with Gasteiger partial charge in [0.1, 0.15) is 11.5 Å². The van der Waals surface area contributed by atoms with Gasteiger partial charge in [0, 0.05) is 34.3 Å². The number of fused-ring (bicyclic) bond motifs is 5. The van der Waals surface area contributed by atoms with Crippen LogP contribution in [0.4, 0.5) is 0 Å². The molecule has 0 saturated heterocycles. The molecule has 0 unspecified atom stereocenters. The van der Waals surface area contributed by atoms with E-state index < -0.39 is 0 Å². The first kappa shape index (κ1) is 15.8. The number of nitrogens with zero attached hydrogens (tertiary/aromatic N) is 2. The van der Waals surface area contributed by atoms with Gasteiger partial charge in [-0.2, -0.15) is 0 Å². The zero-order valence-electron chi connectivity index (χ0n) is 16.0. The van der Waals surface area contributed by atoms with Crippen molar-refractivity contribution in [1.29, 1.82) is 0 Å². The van der Waals surface area contributed by atoms with E-state index in [4.69, 9.17) is 9.72 Å². The minimum atomic E-state index is 0.848. The number of rotatable bonds is 1. The molecule has 0 spiro atoms. The van der Waals surface area contributed by atoms with Gasteiger partial charge in [0.05, 0.1) is 22.1 Å². The molecule has 1 aliphatic rings. The quantitative estimate of drug-likeness (QED) is 0.302. The molecular formula is C27H16N2O. The second kappa shape index (κ2) is 5.71. The molecule has 6 aromatic rings. The Morgan fingerprint density at radius 3 is 2.47 bits per heavy atom. The lowest BCUT2D eigenvalue weighted by Crippen LogP contribution is -2.00. The Morgan fingerprint density at radius 1 is 0.667 bits per heavy atom. The summed E-state index contributed by atoms with van der Waals surface area (Å²) in [6.07, 6.45) is 1.88. The van der Waals surface area contributed by atoms with Crippen molar-refractivity contribution in [2.24, 2.45) is 0 Å². The van der Waals surface area contributed by atoms with Gasteiger partial charge in [0.2, 0.25) is 0 Å². The van der Waals surface area contributed by atoms with E-state index >= 15 is 0 Å². The van der Waals surface area contributed by atoms with Gasteiger partial charge >= 0.3 is 0 Å². The van der Waals surface area contributed by atoms with Gasteiger partial charge in [-0.3, -0.25) is 4.98 Å². The topological polar surface area (TPSA) is 27.1 Å². The first-order valence-corrected chi connectivity index (χ1v) is 10.1. The van der Waals surface area contributed by atoms with Gasteiger partial charge in [-0.15, -0.1) is 0 Å². The third-order valence-corrected chi connectivity index (χ3v) is 6.02. The lowest BCUT2D eigenvalue weighted by Gasteiger charge is -2.20. The summed E-state index contributed by atoms with van der Waals surface area (Å²) in [5, 5.41) is 4.66. The molecule has 0 atom stereocenters. The Bertz CT molecular complexity index is 1610. The third-order valence-electron chi connectivity index (χ3n) is 6.02. The van der Waals surface area contributed by atoms with Gasteiger partial charge in [0.15, 0.2) is 0 Å². The summed E-state index contributed by atoms with van der Waals surface area (Å²) in [5.41, 5.74) is 5.49. The average molecular weight is 384 g/mol. The molecule has 0 aliphatic carbocycles. The predicted octanol–water partition coefficient (Wildman–Crippen LogP) is 7.10. The largest absolute Gasteiger partial charge is 0.456 e. The van der Waals surface area contributed by atoms with E-state index in [9.17, 15) is 0 Å². The highest BCUT2D eigenvalue weighted by Crippen LogP contribution is 2.48. The molecule has 4 aromatic carbocycles. The normalized spacial score (nSPS) is 12.3. The van der Waals surface area contributed by atoms with Crippen molar-refractivity contribution < 1.29 is 4.74 Å². The van der Waals surface area contributed by atoms with Crippen molar-refractivity contribution in [2.75, 3.05) is 0 Å². The minimum Gasteiger partial charge on any atom is -0.456 e. The summed E-state index contributed by atoms with van der Waals surface area (Å²) >= 11 is 0.